The Morgan fingerprint density at radius 1 is 1.67 bits per heavy atom. The molecule has 9 heavy (non-hydrogen) atoms. The fourth-order valence-electron chi connectivity index (χ4n) is 0.683. The molecular formula is C6H8N2O. The van der Waals surface area contributed by atoms with Gasteiger partial charge in [-0.3, -0.25) is 4.79 Å². The Labute approximate surface area is 53.5 Å². The van der Waals surface area contributed by atoms with E-state index < -0.39 is 0 Å². The molecule has 1 aliphatic heterocycles. The lowest BCUT2D eigenvalue weighted by Gasteiger charge is -1.86. The number of allylic oxidation sites excluding steroid dienone is 1. The van der Waals surface area contributed by atoms with Crippen molar-refractivity contribution in [2.45, 2.75) is 13.8 Å². The molecule has 0 aromatic carbocycles. The first-order chi connectivity index (χ1) is 4.24. The third-order valence-corrected chi connectivity index (χ3v) is 1.09. The molecule has 0 aliphatic carbocycles. The number of amidine groups is 1. The molecule has 1 N–H and O–H groups in total. The second kappa shape index (κ2) is 2.01. The monoisotopic (exact) mass is 124 g/mol. The fraction of sp³-hybridized carbons (Fsp3) is 0.333. The van der Waals surface area contributed by atoms with Gasteiger partial charge in [-0.2, -0.15) is 0 Å². The van der Waals surface area contributed by atoms with E-state index in [1.54, 1.807) is 19.9 Å². The van der Waals surface area contributed by atoms with E-state index in [1.807, 2.05) is 0 Å². The van der Waals surface area contributed by atoms with Crippen LogP contribution in [0.15, 0.2) is 16.8 Å². The van der Waals surface area contributed by atoms with E-state index in [2.05, 4.69) is 10.3 Å². The van der Waals surface area contributed by atoms with E-state index in [-0.39, 0.29) is 5.91 Å². The van der Waals surface area contributed by atoms with Crippen LogP contribution in [-0.4, -0.2) is 11.7 Å². The average Bonchev–Trinajstić information content (AvgIpc) is 2.10. The van der Waals surface area contributed by atoms with Crippen LogP contribution in [0.4, 0.5) is 0 Å². The minimum absolute atomic E-state index is 0.102. The summed E-state index contributed by atoms with van der Waals surface area (Å²) in [5.74, 6) is 0.572. The van der Waals surface area contributed by atoms with Gasteiger partial charge in [0.2, 0.25) is 0 Å². The van der Waals surface area contributed by atoms with Crippen molar-refractivity contribution >= 4 is 11.7 Å². The highest BCUT2D eigenvalue weighted by molar-refractivity contribution is 6.11. The average molecular weight is 124 g/mol. The lowest BCUT2D eigenvalue weighted by atomic mass is 10.4. The van der Waals surface area contributed by atoms with E-state index in [0.717, 1.165) is 0 Å². The summed E-state index contributed by atoms with van der Waals surface area (Å²) in [6, 6.07) is 0. The smallest absolute Gasteiger partial charge is 0.274 e. The van der Waals surface area contributed by atoms with Gasteiger partial charge in [-0.15, -0.1) is 0 Å². The highest BCUT2D eigenvalue weighted by Crippen LogP contribution is 2.02. The second-order valence-electron chi connectivity index (χ2n) is 1.83. The third-order valence-electron chi connectivity index (χ3n) is 1.09. The van der Waals surface area contributed by atoms with Gasteiger partial charge in [-0.05, 0) is 13.8 Å². The molecule has 3 nitrogen and oxygen atoms in total. The van der Waals surface area contributed by atoms with E-state index in [4.69, 9.17) is 0 Å². The lowest BCUT2D eigenvalue weighted by molar-refractivity contribution is -0.115. The lowest BCUT2D eigenvalue weighted by Crippen LogP contribution is -2.21. The largest absolute Gasteiger partial charge is 0.309 e. The number of nitrogens with zero attached hydrogens (tertiary/aromatic N) is 1. The molecule has 0 bridgehead atoms. The SMILES string of the molecule is C/C=C1/N=C(C)NC1=O. The van der Waals surface area contributed by atoms with E-state index in [9.17, 15) is 4.79 Å². The number of amides is 1. The predicted molar refractivity (Wildman–Crippen MR) is 35.0 cm³/mol. The zero-order valence-electron chi connectivity index (χ0n) is 5.43. The van der Waals surface area contributed by atoms with Gasteiger partial charge in [0, 0.05) is 0 Å². The fourth-order valence-corrected chi connectivity index (χ4v) is 0.683. The van der Waals surface area contributed by atoms with E-state index >= 15 is 0 Å². The van der Waals surface area contributed by atoms with Crippen molar-refractivity contribution in [2.24, 2.45) is 4.99 Å². The molecule has 0 spiro atoms. The highest BCUT2D eigenvalue weighted by Gasteiger charge is 2.14. The number of rotatable bonds is 0. The van der Waals surface area contributed by atoms with Crippen molar-refractivity contribution in [1.29, 1.82) is 0 Å². The van der Waals surface area contributed by atoms with Crippen molar-refractivity contribution < 1.29 is 4.79 Å². The van der Waals surface area contributed by atoms with Gasteiger partial charge >= 0.3 is 0 Å². The first kappa shape index (κ1) is 6.01. The molecule has 0 saturated heterocycles. The van der Waals surface area contributed by atoms with Crippen LogP contribution in [0.2, 0.25) is 0 Å². The van der Waals surface area contributed by atoms with Crippen LogP contribution < -0.4 is 5.32 Å². The molecule has 0 fully saturated rings. The van der Waals surface area contributed by atoms with Crippen LogP contribution in [0.3, 0.4) is 0 Å². The Morgan fingerprint density at radius 3 is 2.56 bits per heavy atom. The Balaban J connectivity index is 2.89. The van der Waals surface area contributed by atoms with Gasteiger partial charge in [0.05, 0.1) is 0 Å². The summed E-state index contributed by atoms with van der Waals surface area (Å²) in [6.45, 7) is 3.55. The molecule has 1 amide bonds. The number of hydrogen-bond acceptors (Lipinski definition) is 2. The van der Waals surface area contributed by atoms with Gasteiger partial charge in [0.25, 0.3) is 5.91 Å². The molecule has 0 saturated carbocycles. The van der Waals surface area contributed by atoms with Crippen molar-refractivity contribution in [1.82, 2.24) is 5.32 Å². The van der Waals surface area contributed by atoms with Crippen LogP contribution >= 0.6 is 0 Å². The molecular weight excluding hydrogens is 116 g/mol. The number of carbonyl (C=O) groups excluding carboxylic acids is 1. The van der Waals surface area contributed by atoms with Crippen molar-refractivity contribution in [3.63, 3.8) is 0 Å². The molecule has 0 aromatic rings. The standard InChI is InChI=1S/C6H8N2O/c1-3-5-6(9)8-4(2)7-5/h3H,1-2H3,(H,7,8,9)/b5-3+. The summed E-state index contributed by atoms with van der Waals surface area (Å²) in [6.07, 6.45) is 1.69. The Morgan fingerprint density at radius 2 is 2.33 bits per heavy atom. The summed E-state index contributed by atoms with van der Waals surface area (Å²) in [5.41, 5.74) is 0.507. The van der Waals surface area contributed by atoms with Crippen LogP contribution in [0.5, 0.6) is 0 Å². The molecule has 1 heterocycles. The summed E-state index contributed by atoms with van der Waals surface area (Å²) >= 11 is 0. The topological polar surface area (TPSA) is 41.5 Å². The Kier molecular flexibility index (Phi) is 1.34. The molecule has 0 aromatic heterocycles. The molecule has 0 radical (unpaired) electrons. The minimum Gasteiger partial charge on any atom is -0.309 e. The van der Waals surface area contributed by atoms with Crippen LogP contribution in [0, 0.1) is 0 Å². The summed E-state index contributed by atoms with van der Waals surface area (Å²) < 4.78 is 0. The van der Waals surface area contributed by atoms with E-state index in [0.29, 0.717) is 11.5 Å². The van der Waals surface area contributed by atoms with Crippen LogP contribution in [0.1, 0.15) is 13.8 Å². The van der Waals surface area contributed by atoms with E-state index in [1.165, 1.54) is 0 Å². The quantitative estimate of drug-likeness (QED) is 0.468. The first-order valence-electron chi connectivity index (χ1n) is 2.77. The first-order valence-corrected chi connectivity index (χ1v) is 2.77. The van der Waals surface area contributed by atoms with Crippen molar-refractivity contribution in [3.05, 3.63) is 11.8 Å². The molecule has 1 aliphatic rings. The zero-order chi connectivity index (χ0) is 6.85. The normalized spacial score (nSPS) is 22.2. The Bertz CT molecular complexity index is 203. The molecule has 0 atom stereocenters. The number of carbonyl (C=O) groups is 1. The minimum atomic E-state index is -0.102. The van der Waals surface area contributed by atoms with Crippen molar-refractivity contribution in [3.8, 4) is 0 Å². The second-order valence-corrected chi connectivity index (χ2v) is 1.83. The summed E-state index contributed by atoms with van der Waals surface area (Å²) in [5, 5.41) is 2.56. The zero-order valence-corrected chi connectivity index (χ0v) is 5.43. The number of hydrogen-bond donors (Lipinski definition) is 1. The maximum absolute atomic E-state index is 10.7. The predicted octanol–water partition coefficient (Wildman–Crippen LogP) is 0.438. The molecule has 3 heteroatoms. The van der Waals surface area contributed by atoms with Gasteiger partial charge < -0.3 is 5.32 Å². The van der Waals surface area contributed by atoms with Gasteiger partial charge in [0.1, 0.15) is 11.5 Å². The Hall–Kier alpha value is -1.12. The van der Waals surface area contributed by atoms with Gasteiger partial charge in [-0.1, -0.05) is 6.08 Å². The maximum atomic E-state index is 10.7. The summed E-state index contributed by atoms with van der Waals surface area (Å²) in [4.78, 5) is 14.6. The van der Waals surface area contributed by atoms with Gasteiger partial charge in [-0.25, -0.2) is 4.99 Å². The maximum Gasteiger partial charge on any atom is 0.274 e. The van der Waals surface area contributed by atoms with Gasteiger partial charge in [0.15, 0.2) is 0 Å². The third kappa shape index (κ3) is 0.988. The molecule has 1 rings (SSSR count). The van der Waals surface area contributed by atoms with Crippen LogP contribution in [0.25, 0.3) is 0 Å². The van der Waals surface area contributed by atoms with Crippen molar-refractivity contribution in [2.75, 3.05) is 0 Å². The number of aliphatic imine (C=N–C) groups is 1. The summed E-state index contributed by atoms with van der Waals surface area (Å²) in [7, 11) is 0. The number of nitrogens with one attached hydrogen (secondary N) is 1. The van der Waals surface area contributed by atoms with Crippen LogP contribution in [-0.2, 0) is 4.79 Å². The molecule has 48 valence electrons. The highest BCUT2D eigenvalue weighted by atomic mass is 16.2. The molecule has 0 unspecified atom stereocenters.